The van der Waals surface area contributed by atoms with Crippen molar-refractivity contribution in [3.05, 3.63) is 22.4 Å². The van der Waals surface area contributed by atoms with Crippen LogP contribution in [0.3, 0.4) is 0 Å². The van der Waals surface area contributed by atoms with Crippen LogP contribution in [0.25, 0.3) is 0 Å². The molecule has 1 atom stereocenters. The fourth-order valence-corrected chi connectivity index (χ4v) is 2.68. The zero-order valence-corrected chi connectivity index (χ0v) is 10.6. The molecule has 1 aliphatic heterocycles. The third-order valence-corrected chi connectivity index (χ3v) is 3.80. The van der Waals surface area contributed by atoms with Crippen molar-refractivity contribution >= 4 is 17.2 Å². The molecule has 0 aliphatic carbocycles. The molecule has 0 radical (unpaired) electrons. The number of hydrogen-bond acceptors (Lipinski definition) is 3. The molecule has 1 saturated heterocycles. The minimum Gasteiger partial charge on any atom is -0.339 e. The van der Waals surface area contributed by atoms with Gasteiger partial charge in [-0.05, 0) is 25.3 Å². The molecular formula is C12H18N2OS. The van der Waals surface area contributed by atoms with Crippen molar-refractivity contribution < 1.29 is 4.79 Å². The highest BCUT2D eigenvalue weighted by Crippen LogP contribution is 2.15. The molecule has 2 heterocycles. The molecule has 88 valence electrons. The van der Waals surface area contributed by atoms with Crippen LogP contribution in [0.1, 0.15) is 25.1 Å². The number of carbonyl (C=O) groups is 1. The van der Waals surface area contributed by atoms with Crippen LogP contribution in [-0.2, 0) is 11.3 Å². The third-order valence-electron chi connectivity index (χ3n) is 2.93. The van der Waals surface area contributed by atoms with Crippen molar-refractivity contribution in [3.63, 3.8) is 0 Å². The van der Waals surface area contributed by atoms with E-state index in [4.69, 9.17) is 0 Å². The van der Waals surface area contributed by atoms with E-state index in [0.29, 0.717) is 18.5 Å². The molecular weight excluding hydrogens is 220 g/mol. The molecule has 4 heteroatoms. The van der Waals surface area contributed by atoms with Gasteiger partial charge in [0.2, 0.25) is 5.91 Å². The molecule has 0 spiro atoms. The Kier molecular flexibility index (Phi) is 3.61. The molecule has 1 fully saturated rings. The lowest BCUT2D eigenvalue weighted by molar-refractivity contribution is -0.129. The van der Waals surface area contributed by atoms with Crippen LogP contribution in [0.4, 0.5) is 0 Å². The number of rotatable bonds is 4. The Balaban J connectivity index is 1.82. The van der Waals surface area contributed by atoms with Crippen molar-refractivity contribution in [2.75, 3.05) is 6.54 Å². The summed E-state index contributed by atoms with van der Waals surface area (Å²) in [7, 11) is 0. The standard InChI is InChI=1S/C12H18N2OS/c1-9(2)14-8-10(6-12(14)15)13-7-11-4-3-5-16-11/h3-5,9-10,13H,6-8H2,1-2H3. The third kappa shape index (κ3) is 2.62. The normalized spacial score (nSPS) is 21.1. The molecule has 3 nitrogen and oxygen atoms in total. The predicted octanol–water partition coefficient (Wildman–Crippen LogP) is 1.85. The van der Waals surface area contributed by atoms with Crippen molar-refractivity contribution in [3.8, 4) is 0 Å². The largest absolute Gasteiger partial charge is 0.339 e. The van der Waals surface area contributed by atoms with E-state index < -0.39 is 0 Å². The monoisotopic (exact) mass is 238 g/mol. The first-order valence-corrected chi connectivity index (χ1v) is 6.60. The molecule has 1 aliphatic rings. The van der Waals surface area contributed by atoms with Gasteiger partial charge in [-0.3, -0.25) is 4.79 Å². The minimum absolute atomic E-state index is 0.277. The fourth-order valence-electron chi connectivity index (χ4n) is 2.03. The van der Waals surface area contributed by atoms with Crippen molar-refractivity contribution in [2.45, 2.75) is 38.9 Å². The van der Waals surface area contributed by atoms with Gasteiger partial charge >= 0.3 is 0 Å². The second-order valence-electron chi connectivity index (χ2n) is 4.50. The number of amides is 1. The summed E-state index contributed by atoms with van der Waals surface area (Å²) in [5.74, 6) is 0.277. The Bertz CT molecular complexity index is 348. The van der Waals surface area contributed by atoms with Crippen molar-refractivity contribution in [2.24, 2.45) is 0 Å². The summed E-state index contributed by atoms with van der Waals surface area (Å²) in [5.41, 5.74) is 0. The molecule has 1 aromatic heterocycles. The Morgan fingerprint density at radius 1 is 1.62 bits per heavy atom. The van der Waals surface area contributed by atoms with E-state index >= 15 is 0 Å². The number of hydrogen-bond donors (Lipinski definition) is 1. The van der Waals surface area contributed by atoms with E-state index in [9.17, 15) is 4.79 Å². The van der Waals surface area contributed by atoms with Gasteiger partial charge in [0.15, 0.2) is 0 Å². The van der Waals surface area contributed by atoms with E-state index in [0.717, 1.165) is 13.1 Å². The smallest absolute Gasteiger partial charge is 0.224 e. The molecule has 1 N–H and O–H groups in total. The molecule has 2 rings (SSSR count). The van der Waals surface area contributed by atoms with Crippen LogP contribution in [0, 0.1) is 0 Å². The summed E-state index contributed by atoms with van der Waals surface area (Å²) in [4.78, 5) is 15.0. The minimum atomic E-state index is 0.277. The maximum absolute atomic E-state index is 11.7. The van der Waals surface area contributed by atoms with E-state index in [2.05, 4.69) is 36.7 Å². The lowest BCUT2D eigenvalue weighted by atomic mass is 10.2. The van der Waals surface area contributed by atoms with Crippen LogP contribution in [-0.4, -0.2) is 29.4 Å². The summed E-state index contributed by atoms with van der Waals surface area (Å²) >= 11 is 1.75. The highest BCUT2D eigenvalue weighted by molar-refractivity contribution is 7.09. The van der Waals surface area contributed by atoms with Crippen LogP contribution in [0.15, 0.2) is 17.5 Å². The first-order valence-electron chi connectivity index (χ1n) is 5.72. The molecule has 0 aromatic carbocycles. The lowest BCUT2D eigenvalue weighted by Gasteiger charge is -2.21. The second-order valence-corrected chi connectivity index (χ2v) is 5.53. The average Bonchev–Trinajstić information content (AvgIpc) is 2.83. The van der Waals surface area contributed by atoms with Gasteiger partial charge in [0, 0.05) is 36.5 Å². The van der Waals surface area contributed by atoms with E-state index in [1.165, 1.54) is 4.88 Å². The Labute approximate surface area is 100 Å². The zero-order chi connectivity index (χ0) is 11.5. The van der Waals surface area contributed by atoms with Gasteiger partial charge in [-0.1, -0.05) is 6.07 Å². The highest BCUT2D eigenvalue weighted by Gasteiger charge is 2.30. The SMILES string of the molecule is CC(C)N1CC(NCc2cccs2)CC1=O. The Hall–Kier alpha value is -0.870. The van der Waals surface area contributed by atoms with Crippen LogP contribution >= 0.6 is 11.3 Å². The highest BCUT2D eigenvalue weighted by atomic mass is 32.1. The maximum atomic E-state index is 11.7. The van der Waals surface area contributed by atoms with E-state index in [1.54, 1.807) is 11.3 Å². The summed E-state index contributed by atoms with van der Waals surface area (Å²) in [6, 6.07) is 4.81. The van der Waals surface area contributed by atoms with Gasteiger partial charge in [-0.15, -0.1) is 11.3 Å². The van der Waals surface area contributed by atoms with Crippen molar-refractivity contribution in [1.82, 2.24) is 10.2 Å². The average molecular weight is 238 g/mol. The van der Waals surface area contributed by atoms with E-state index in [-0.39, 0.29) is 5.91 Å². The van der Waals surface area contributed by atoms with Crippen molar-refractivity contribution in [1.29, 1.82) is 0 Å². The molecule has 16 heavy (non-hydrogen) atoms. The van der Waals surface area contributed by atoms with Gasteiger partial charge in [0.1, 0.15) is 0 Å². The zero-order valence-electron chi connectivity index (χ0n) is 9.77. The predicted molar refractivity (Wildman–Crippen MR) is 66.4 cm³/mol. The number of nitrogens with zero attached hydrogens (tertiary/aromatic N) is 1. The molecule has 1 unspecified atom stereocenters. The number of carbonyl (C=O) groups excluding carboxylic acids is 1. The van der Waals surface area contributed by atoms with Crippen LogP contribution in [0.5, 0.6) is 0 Å². The van der Waals surface area contributed by atoms with Gasteiger partial charge in [0.05, 0.1) is 0 Å². The summed E-state index contributed by atoms with van der Waals surface area (Å²) < 4.78 is 0. The first-order chi connectivity index (χ1) is 7.66. The van der Waals surface area contributed by atoms with E-state index in [1.807, 2.05) is 4.90 Å². The summed E-state index contributed by atoms with van der Waals surface area (Å²) in [5, 5.41) is 5.53. The fraction of sp³-hybridized carbons (Fsp3) is 0.583. The lowest BCUT2D eigenvalue weighted by Crippen LogP contribution is -2.35. The van der Waals surface area contributed by atoms with Crippen LogP contribution in [0.2, 0.25) is 0 Å². The van der Waals surface area contributed by atoms with Gasteiger partial charge in [-0.25, -0.2) is 0 Å². The molecule has 0 saturated carbocycles. The van der Waals surface area contributed by atoms with Crippen LogP contribution < -0.4 is 5.32 Å². The molecule has 1 amide bonds. The van der Waals surface area contributed by atoms with Gasteiger partial charge in [-0.2, -0.15) is 0 Å². The molecule has 0 bridgehead atoms. The number of nitrogens with one attached hydrogen (secondary N) is 1. The van der Waals surface area contributed by atoms with Gasteiger partial charge < -0.3 is 10.2 Å². The van der Waals surface area contributed by atoms with Gasteiger partial charge in [0.25, 0.3) is 0 Å². The number of likely N-dealkylation sites (tertiary alicyclic amines) is 1. The Morgan fingerprint density at radius 3 is 3.00 bits per heavy atom. The maximum Gasteiger partial charge on any atom is 0.224 e. The summed E-state index contributed by atoms with van der Waals surface area (Å²) in [6.07, 6.45) is 0.642. The number of thiophene rings is 1. The quantitative estimate of drug-likeness (QED) is 0.868. The summed E-state index contributed by atoms with van der Waals surface area (Å²) in [6.45, 7) is 5.86. The second kappa shape index (κ2) is 4.97. The first kappa shape index (κ1) is 11.6. The topological polar surface area (TPSA) is 32.3 Å². The molecule has 1 aromatic rings. The Morgan fingerprint density at radius 2 is 2.44 bits per heavy atom.